The second-order valence-corrected chi connectivity index (χ2v) is 4.74. The Morgan fingerprint density at radius 1 is 1.37 bits per heavy atom. The molecule has 0 spiro atoms. The van der Waals surface area contributed by atoms with Crippen molar-refractivity contribution in [1.82, 2.24) is 4.90 Å². The quantitative estimate of drug-likeness (QED) is 0.770. The summed E-state index contributed by atoms with van der Waals surface area (Å²) in [5.41, 5.74) is 0.532. The van der Waals surface area contributed by atoms with E-state index < -0.39 is 5.82 Å². The van der Waals surface area contributed by atoms with Crippen LogP contribution in [0.25, 0.3) is 0 Å². The number of nitrogens with zero attached hydrogens (tertiary/aromatic N) is 1. The monoisotopic (exact) mass is 267 g/mol. The zero-order valence-electron chi connectivity index (χ0n) is 11.9. The second kappa shape index (κ2) is 7.24. The summed E-state index contributed by atoms with van der Waals surface area (Å²) in [6, 6.07) is 2.39. The molecular weight excluding hydrogens is 245 g/mol. The first-order chi connectivity index (χ1) is 8.99. The maximum absolute atomic E-state index is 13.5. The van der Waals surface area contributed by atoms with Crippen LogP contribution in [0.1, 0.15) is 49.5 Å². The average Bonchev–Trinajstić information content (AvgIpc) is 2.37. The minimum Gasteiger partial charge on any atom is -0.507 e. The Hall–Kier alpha value is -1.42. The molecule has 106 valence electrons. The fourth-order valence-corrected chi connectivity index (χ4v) is 2.02. The highest BCUT2D eigenvalue weighted by molar-refractivity contribution is 5.97. The molecular formula is C15H22FNO2. The van der Waals surface area contributed by atoms with Gasteiger partial charge in [-0.05, 0) is 38.6 Å². The number of phenols is 1. The van der Waals surface area contributed by atoms with Crippen molar-refractivity contribution >= 4 is 5.78 Å². The van der Waals surface area contributed by atoms with E-state index in [9.17, 15) is 14.3 Å². The maximum Gasteiger partial charge on any atom is 0.163 e. The van der Waals surface area contributed by atoms with Crippen molar-refractivity contribution in [2.45, 2.75) is 40.2 Å². The minimum atomic E-state index is -0.482. The summed E-state index contributed by atoms with van der Waals surface area (Å²) < 4.78 is 13.5. The summed E-state index contributed by atoms with van der Waals surface area (Å²) in [6.45, 7) is 7.65. The summed E-state index contributed by atoms with van der Waals surface area (Å²) >= 11 is 0. The van der Waals surface area contributed by atoms with Gasteiger partial charge in [-0.1, -0.05) is 20.3 Å². The number of Topliss-reactive ketones (excluding diaryl/α,β-unsaturated/α-hetero) is 1. The molecule has 0 aliphatic heterocycles. The Labute approximate surface area is 114 Å². The van der Waals surface area contributed by atoms with Crippen molar-refractivity contribution in [3.05, 3.63) is 29.1 Å². The molecule has 0 aliphatic carbocycles. The lowest BCUT2D eigenvalue weighted by Gasteiger charge is -2.21. The van der Waals surface area contributed by atoms with Crippen LogP contribution >= 0.6 is 0 Å². The number of hydrogen-bond donors (Lipinski definition) is 1. The highest BCUT2D eigenvalue weighted by Gasteiger charge is 2.15. The van der Waals surface area contributed by atoms with Crippen LogP contribution in [0.15, 0.2) is 12.1 Å². The highest BCUT2D eigenvalue weighted by atomic mass is 19.1. The molecule has 4 heteroatoms. The molecule has 0 saturated carbocycles. The van der Waals surface area contributed by atoms with Gasteiger partial charge in [0, 0.05) is 12.1 Å². The van der Waals surface area contributed by atoms with E-state index in [0.29, 0.717) is 12.1 Å². The van der Waals surface area contributed by atoms with Crippen LogP contribution in [-0.2, 0) is 6.54 Å². The van der Waals surface area contributed by atoms with Crippen LogP contribution in [0, 0.1) is 5.82 Å². The second-order valence-electron chi connectivity index (χ2n) is 4.74. The molecule has 0 atom stereocenters. The zero-order chi connectivity index (χ0) is 14.4. The van der Waals surface area contributed by atoms with E-state index in [1.54, 1.807) is 0 Å². The Morgan fingerprint density at radius 3 is 2.58 bits per heavy atom. The number of halogens is 1. The topological polar surface area (TPSA) is 40.5 Å². The molecule has 3 nitrogen and oxygen atoms in total. The molecule has 0 aromatic heterocycles. The third-order valence-electron chi connectivity index (χ3n) is 3.20. The van der Waals surface area contributed by atoms with Crippen LogP contribution in [0.4, 0.5) is 4.39 Å². The Balaban J connectivity index is 2.96. The predicted molar refractivity (Wildman–Crippen MR) is 73.9 cm³/mol. The van der Waals surface area contributed by atoms with Crippen LogP contribution in [0.3, 0.4) is 0 Å². The van der Waals surface area contributed by atoms with Gasteiger partial charge >= 0.3 is 0 Å². The number of hydrogen-bond acceptors (Lipinski definition) is 3. The summed E-state index contributed by atoms with van der Waals surface area (Å²) in [5, 5.41) is 10.0. The fourth-order valence-electron chi connectivity index (χ4n) is 2.02. The molecule has 0 fully saturated rings. The summed E-state index contributed by atoms with van der Waals surface area (Å²) in [6.07, 6.45) is 2.15. The third-order valence-corrected chi connectivity index (χ3v) is 3.20. The largest absolute Gasteiger partial charge is 0.507 e. The molecule has 0 bridgehead atoms. The van der Waals surface area contributed by atoms with Gasteiger partial charge in [-0.25, -0.2) is 4.39 Å². The van der Waals surface area contributed by atoms with Gasteiger partial charge in [0.25, 0.3) is 0 Å². The fraction of sp³-hybridized carbons (Fsp3) is 0.533. The van der Waals surface area contributed by atoms with Gasteiger partial charge in [0.15, 0.2) is 5.78 Å². The molecule has 0 aliphatic rings. The Morgan fingerprint density at radius 2 is 2.05 bits per heavy atom. The summed E-state index contributed by atoms with van der Waals surface area (Å²) in [5.74, 6) is -0.900. The lowest BCUT2D eigenvalue weighted by Crippen LogP contribution is -2.24. The first-order valence-electron chi connectivity index (χ1n) is 6.74. The minimum absolute atomic E-state index is 0.0570. The number of carbonyl (C=O) groups is 1. The number of ketones is 1. The van der Waals surface area contributed by atoms with E-state index in [-0.39, 0.29) is 17.1 Å². The molecule has 1 aromatic rings. The molecule has 1 aromatic carbocycles. The molecule has 19 heavy (non-hydrogen) atoms. The SMILES string of the molecule is CCCCN(CC)Cc1cc(F)cc(C(C)=O)c1O. The van der Waals surface area contributed by atoms with Gasteiger partial charge < -0.3 is 5.11 Å². The Kier molecular flexibility index (Phi) is 5.96. The summed E-state index contributed by atoms with van der Waals surface area (Å²) in [7, 11) is 0. The average molecular weight is 267 g/mol. The molecule has 1 rings (SSSR count). The number of aromatic hydroxyl groups is 1. The van der Waals surface area contributed by atoms with Crippen molar-refractivity contribution in [3.63, 3.8) is 0 Å². The van der Waals surface area contributed by atoms with Crippen LogP contribution < -0.4 is 0 Å². The van der Waals surface area contributed by atoms with Gasteiger partial charge in [0.2, 0.25) is 0 Å². The molecule has 0 heterocycles. The van der Waals surface area contributed by atoms with Gasteiger partial charge in [0.1, 0.15) is 11.6 Å². The van der Waals surface area contributed by atoms with Gasteiger partial charge in [-0.3, -0.25) is 9.69 Å². The van der Waals surface area contributed by atoms with E-state index in [1.807, 2.05) is 6.92 Å². The first-order valence-corrected chi connectivity index (χ1v) is 6.74. The van der Waals surface area contributed by atoms with Crippen molar-refractivity contribution in [3.8, 4) is 5.75 Å². The molecule has 0 amide bonds. The number of carbonyl (C=O) groups excluding carboxylic acids is 1. The molecule has 0 saturated heterocycles. The van der Waals surface area contributed by atoms with E-state index in [2.05, 4.69) is 11.8 Å². The first kappa shape index (κ1) is 15.6. The van der Waals surface area contributed by atoms with Crippen molar-refractivity contribution in [1.29, 1.82) is 0 Å². The number of phenolic OH excluding ortho intramolecular Hbond substituents is 1. The van der Waals surface area contributed by atoms with E-state index in [4.69, 9.17) is 0 Å². The number of benzene rings is 1. The van der Waals surface area contributed by atoms with E-state index in [0.717, 1.165) is 32.0 Å². The molecule has 0 radical (unpaired) electrons. The smallest absolute Gasteiger partial charge is 0.163 e. The van der Waals surface area contributed by atoms with E-state index >= 15 is 0 Å². The van der Waals surface area contributed by atoms with Crippen LogP contribution in [-0.4, -0.2) is 28.9 Å². The summed E-state index contributed by atoms with van der Waals surface area (Å²) in [4.78, 5) is 13.5. The van der Waals surface area contributed by atoms with Crippen molar-refractivity contribution in [2.24, 2.45) is 0 Å². The standard InChI is InChI=1S/C15H22FNO2/c1-4-6-7-17(5-2)10-12-8-13(16)9-14(11(3)18)15(12)19/h8-9,19H,4-7,10H2,1-3H3. The lowest BCUT2D eigenvalue weighted by atomic mass is 10.0. The zero-order valence-corrected chi connectivity index (χ0v) is 11.9. The van der Waals surface area contributed by atoms with Crippen LogP contribution in [0.2, 0.25) is 0 Å². The number of unbranched alkanes of at least 4 members (excludes halogenated alkanes) is 1. The van der Waals surface area contributed by atoms with Gasteiger partial charge in [-0.15, -0.1) is 0 Å². The van der Waals surface area contributed by atoms with Gasteiger partial charge in [-0.2, -0.15) is 0 Å². The predicted octanol–water partition coefficient (Wildman–Crippen LogP) is 3.36. The Bertz CT molecular complexity index is 446. The van der Waals surface area contributed by atoms with E-state index in [1.165, 1.54) is 13.0 Å². The molecule has 0 unspecified atom stereocenters. The van der Waals surface area contributed by atoms with Crippen molar-refractivity contribution < 1.29 is 14.3 Å². The molecule has 1 N–H and O–H groups in total. The van der Waals surface area contributed by atoms with Gasteiger partial charge in [0.05, 0.1) is 5.56 Å². The third kappa shape index (κ3) is 4.31. The lowest BCUT2D eigenvalue weighted by molar-refractivity contribution is 0.101. The van der Waals surface area contributed by atoms with Crippen molar-refractivity contribution in [2.75, 3.05) is 13.1 Å². The number of rotatable bonds is 7. The van der Waals surface area contributed by atoms with Crippen LogP contribution in [0.5, 0.6) is 5.75 Å². The highest BCUT2D eigenvalue weighted by Crippen LogP contribution is 2.26. The normalized spacial score (nSPS) is 11.0. The maximum atomic E-state index is 13.5.